The minimum atomic E-state index is -1.12. The summed E-state index contributed by atoms with van der Waals surface area (Å²) in [5.74, 6) is 0.143. The van der Waals surface area contributed by atoms with Gasteiger partial charge in [0.15, 0.2) is 5.60 Å². The van der Waals surface area contributed by atoms with Gasteiger partial charge in [-0.05, 0) is 66.2 Å². The topological polar surface area (TPSA) is 51.2 Å². The minimum absolute atomic E-state index is 0.346. The molecule has 110 valence electrons. The Kier molecular flexibility index (Phi) is 4.57. The van der Waals surface area contributed by atoms with Gasteiger partial charge in [-0.1, -0.05) is 0 Å². The molecule has 4 nitrogen and oxygen atoms in total. The number of rotatable bonds is 4. The van der Waals surface area contributed by atoms with E-state index in [1.807, 2.05) is 0 Å². The van der Waals surface area contributed by atoms with Crippen LogP contribution in [0.25, 0.3) is 0 Å². The maximum atomic E-state index is 12.9. The maximum absolute atomic E-state index is 12.9. The second-order valence-electron chi connectivity index (χ2n) is 4.88. The number of anilines is 1. The zero-order valence-corrected chi connectivity index (χ0v) is 13.1. The normalized spacial score (nSPS) is 11.0. The number of carbonyl (C=O) groups is 1. The third-order valence-corrected chi connectivity index (χ3v) is 3.17. The highest BCUT2D eigenvalue weighted by molar-refractivity contribution is 9.10. The molecule has 1 amide bonds. The molecule has 0 saturated carbocycles. The second-order valence-corrected chi connectivity index (χ2v) is 5.80. The molecule has 0 spiro atoms. The van der Waals surface area contributed by atoms with Crippen molar-refractivity contribution >= 4 is 27.7 Å². The van der Waals surface area contributed by atoms with Crippen molar-refractivity contribution in [2.24, 2.45) is 0 Å². The summed E-state index contributed by atoms with van der Waals surface area (Å²) in [6.45, 7) is 3.26. The van der Waals surface area contributed by atoms with Gasteiger partial charge in [-0.2, -0.15) is 0 Å². The monoisotopic (exact) mass is 352 g/mol. The van der Waals surface area contributed by atoms with Gasteiger partial charge >= 0.3 is 0 Å². The molecule has 0 aliphatic rings. The van der Waals surface area contributed by atoms with Gasteiger partial charge in [0.1, 0.15) is 17.4 Å². The van der Waals surface area contributed by atoms with Crippen LogP contribution in [0.15, 0.2) is 47.1 Å². The lowest BCUT2D eigenvalue weighted by atomic mass is 10.1. The van der Waals surface area contributed by atoms with Crippen LogP contribution in [0, 0.1) is 5.82 Å². The Labute approximate surface area is 130 Å². The first-order chi connectivity index (χ1) is 9.87. The van der Waals surface area contributed by atoms with E-state index in [9.17, 15) is 9.18 Å². The zero-order valence-electron chi connectivity index (χ0n) is 11.6. The van der Waals surface area contributed by atoms with Crippen LogP contribution in [0.2, 0.25) is 0 Å². The fourth-order valence-corrected chi connectivity index (χ4v) is 1.79. The van der Waals surface area contributed by atoms with Gasteiger partial charge in [0.2, 0.25) is 0 Å². The Morgan fingerprint density at radius 1 is 1.24 bits per heavy atom. The predicted octanol–water partition coefficient (Wildman–Crippen LogP) is 3.78. The van der Waals surface area contributed by atoms with Gasteiger partial charge in [0, 0.05) is 10.7 Å². The molecule has 0 unspecified atom stereocenters. The van der Waals surface area contributed by atoms with E-state index in [4.69, 9.17) is 4.74 Å². The molecule has 0 fully saturated rings. The number of halogens is 2. The largest absolute Gasteiger partial charge is 0.478 e. The highest BCUT2D eigenvalue weighted by Gasteiger charge is 2.30. The number of hydrogen-bond donors (Lipinski definition) is 1. The number of amides is 1. The lowest BCUT2D eigenvalue weighted by molar-refractivity contribution is -0.128. The molecule has 2 rings (SSSR count). The van der Waals surface area contributed by atoms with E-state index in [0.29, 0.717) is 11.6 Å². The fourth-order valence-electron chi connectivity index (χ4n) is 1.56. The number of benzene rings is 1. The zero-order chi connectivity index (χ0) is 15.5. The summed E-state index contributed by atoms with van der Waals surface area (Å²) in [6, 6.07) is 8.95. The Morgan fingerprint density at radius 3 is 2.48 bits per heavy atom. The van der Waals surface area contributed by atoms with Crippen LogP contribution in [0.3, 0.4) is 0 Å². The first-order valence-electron chi connectivity index (χ1n) is 6.24. The average molecular weight is 353 g/mol. The number of pyridine rings is 1. The van der Waals surface area contributed by atoms with E-state index < -0.39 is 5.60 Å². The minimum Gasteiger partial charge on any atom is -0.478 e. The summed E-state index contributed by atoms with van der Waals surface area (Å²) >= 11 is 3.27. The van der Waals surface area contributed by atoms with Crippen LogP contribution in [0.5, 0.6) is 5.75 Å². The van der Waals surface area contributed by atoms with Crippen LogP contribution >= 0.6 is 15.9 Å². The van der Waals surface area contributed by atoms with Crippen molar-refractivity contribution in [3.63, 3.8) is 0 Å². The van der Waals surface area contributed by atoms with E-state index >= 15 is 0 Å². The van der Waals surface area contributed by atoms with Crippen molar-refractivity contribution in [3.8, 4) is 5.75 Å². The molecule has 1 N–H and O–H groups in total. The standard InChI is InChI=1S/C15H14BrFN2O2/c1-15(2,21-12-6-4-11(17)5-7-12)14(20)19-13-8-3-10(16)9-18-13/h3-9H,1-2H3,(H,18,19,20). The number of nitrogens with one attached hydrogen (secondary N) is 1. The van der Waals surface area contributed by atoms with Gasteiger partial charge in [-0.25, -0.2) is 9.37 Å². The molecule has 2 aromatic rings. The molecule has 1 aromatic heterocycles. The molecule has 6 heteroatoms. The van der Waals surface area contributed by atoms with E-state index in [0.717, 1.165) is 4.47 Å². The van der Waals surface area contributed by atoms with E-state index in [1.54, 1.807) is 32.2 Å². The third kappa shape index (κ3) is 4.26. The van der Waals surface area contributed by atoms with Crippen molar-refractivity contribution in [2.45, 2.75) is 19.4 Å². The summed E-state index contributed by atoms with van der Waals surface area (Å²) in [4.78, 5) is 16.3. The molecule has 21 heavy (non-hydrogen) atoms. The SMILES string of the molecule is CC(C)(Oc1ccc(F)cc1)C(=O)Nc1ccc(Br)cn1. The average Bonchev–Trinajstić information content (AvgIpc) is 2.43. The number of carbonyl (C=O) groups excluding carboxylic acids is 1. The van der Waals surface area contributed by atoms with Crippen LogP contribution in [-0.4, -0.2) is 16.5 Å². The molecule has 0 aliphatic carbocycles. The fraction of sp³-hybridized carbons (Fsp3) is 0.200. The summed E-state index contributed by atoms with van der Waals surface area (Å²) in [6.07, 6.45) is 1.59. The molecule has 0 atom stereocenters. The van der Waals surface area contributed by atoms with Crippen molar-refractivity contribution in [2.75, 3.05) is 5.32 Å². The first-order valence-corrected chi connectivity index (χ1v) is 7.04. The van der Waals surface area contributed by atoms with Gasteiger partial charge < -0.3 is 10.1 Å². The van der Waals surface area contributed by atoms with Crippen LogP contribution in [0.1, 0.15) is 13.8 Å². The number of nitrogens with zero attached hydrogens (tertiary/aromatic N) is 1. The van der Waals surface area contributed by atoms with Gasteiger partial charge in [0.25, 0.3) is 5.91 Å². The number of ether oxygens (including phenoxy) is 1. The Bertz CT molecular complexity index is 627. The van der Waals surface area contributed by atoms with Gasteiger partial charge in [0.05, 0.1) is 0 Å². The van der Waals surface area contributed by atoms with E-state index in [2.05, 4.69) is 26.2 Å². The van der Waals surface area contributed by atoms with E-state index in [-0.39, 0.29) is 11.7 Å². The van der Waals surface area contributed by atoms with Crippen molar-refractivity contribution in [3.05, 3.63) is 52.9 Å². The molecule has 1 aromatic carbocycles. The molecule has 1 heterocycles. The maximum Gasteiger partial charge on any atom is 0.269 e. The summed E-state index contributed by atoms with van der Waals surface area (Å²) in [5.41, 5.74) is -1.12. The van der Waals surface area contributed by atoms with Crippen molar-refractivity contribution in [1.82, 2.24) is 4.98 Å². The van der Waals surface area contributed by atoms with Crippen molar-refractivity contribution < 1.29 is 13.9 Å². The Morgan fingerprint density at radius 2 is 1.90 bits per heavy atom. The Hall–Kier alpha value is -1.95. The molecular formula is C15H14BrFN2O2. The van der Waals surface area contributed by atoms with Crippen LogP contribution in [-0.2, 0) is 4.79 Å². The first kappa shape index (κ1) is 15.4. The highest BCUT2D eigenvalue weighted by Crippen LogP contribution is 2.20. The molecule has 0 radical (unpaired) electrons. The quantitative estimate of drug-likeness (QED) is 0.910. The summed E-state index contributed by atoms with van der Waals surface area (Å²) < 4.78 is 19.3. The third-order valence-electron chi connectivity index (χ3n) is 2.70. The lowest BCUT2D eigenvalue weighted by Gasteiger charge is -2.25. The number of aromatic nitrogens is 1. The van der Waals surface area contributed by atoms with Crippen LogP contribution in [0.4, 0.5) is 10.2 Å². The number of hydrogen-bond acceptors (Lipinski definition) is 3. The van der Waals surface area contributed by atoms with Gasteiger partial charge in [-0.3, -0.25) is 4.79 Å². The second kappa shape index (κ2) is 6.22. The summed E-state index contributed by atoms with van der Waals surface area (Å²) in [5, 5.41) is 2.67. The van der Waals surface area contributed by atoms with E-state index in [1.165, 1.54) is 24.3 Å². The molecule has 0 aliphatic heterocycles. The lowest BCUT2D eigenvalue weighted by Crippen LogP contribution is -2.42. The van der Waals surface area contributed by atoms with Gasteiger partial charge in [-0.15, -0.1) is 0 Å². The molecular weight excluding hydrogens is 339 g/mol. The smallest absolute Gasteiger partial charge is 0.269 e. The molecule has 0 bridgehead atoms. The Balaban J connectivity index is 2.05. The van der Waals surface area contributed by atoms with Crippen LogP contribution < -0.4 is 10.1 Å². The predicted molar refractivity (Wildman–Crippen MR) is 81.7 cm³/mol. The highest BCUT2D eigenvalue weighted by atomic mass is 79.9. The molecule has 0 saturated heterocycles. The van der Waals surface area contributed by atoms with Crippen molar-refractivity contribution in [1.29, 1.82) is 0 Å². The summed E-state index contributed by atoms with van der Waals surface area (Å²) in [7, 11) is 0.